The van der Waals surface area contributed by atoms with E-state index in [2.05, 4.69) is 59.0 Å². The fraction of sp³-hybridized carbons (Fsp3) is 0.304. The van der Waals surface area contributed by atoms with Crippen molar-refractivity contribution in [1.82, 2.24) is 14.9 Å². The van der Waals surface area contributed by atoms with E-state index < -0.39 is 0 Å². The van der Waals surface area contributed by atoms with Crippen LogP contribution in [-0.4, -0.2) is 14.7 Å². The number of thiocarbonyl (C=S) groups is 1. The molecule has 0 unspecified atom stereocenters. The largest absolute Gasteiger partial charge is 0.351 e. The van der Waals surface area contributed by atoms with E-state index in [-0.39, 0.29) is 23.4 Å². The van der Waals surface area contributed by atoms with E-state index in [0.717, 1.165) is 16.9 Å². The van der Waals surface area contributed by atoms with Gasteiger partial charge in [-0.25, -0.2) is 4.39 Å². The van der Waals surface area contributed by atoms with Crippen LogP contribution in [0.25, 0.3) is 0 Å². The molecule has 1 saturated heterocycles. The van der Waals surface area contributed by atoms with Crippen LogP contribution in [0.2, 0.25) is 0 Å². The van der Waals surface area contributed by atoms with Crippen molar-refractivity contribution < 1.29 is 4.39 Å². The number of nitrogens with zero attached hydrogens (tertiary/aromatic N) is 3. The van der Waals surface area contributed by atoms with Gasteiger partial charge in [0.25, 0.3) is 0 Å². The Balaban J connectivity index is 1.83. The number of aryl methyl sites for hydroxylation is 1. The summed E-state index contributed by atoms with van der Waals surface area (Å²) in [6.45, 7) is 8.29. The first-order valence-corrected chi connectivity index (χ1v) is 10.1. The molecule has 0 bridgehead atoms. The molecule has 0 radical (unpaired) electrons. The zero-order chi connectivity index (χ0) is 20.8. The minimum Gasteiger partial charge on any atom is -0.351 e. The summed E-state index contributed by atoms with van der Waals surface area (Å²) in [5.41, 5.74) is 3.49. The number of benzene rings is 1. The minimum atomic E-state index is -0.219. The van der Waals surface area contributed by atoms with Crippen molar-refractivity contribution in [1.29, 1.82) is 0 Å². The van der Waals surface area contributed by atoms with E-state index in [0.29, 0.717) is 10.7 Å². The third kappa shape index (κ3) is 3.65. The van der Waals surface area contributed by atoms with Gasteiger partial charge in [0, 0.05) is 29.8 Å². The smallest absolute Gasteiger partial charge is 0.174 e. The fourth-order valence-corrected chi connectivity index (χ4v) is 4.10. The van der Waals surface area contributed by atoms with Gasteiger partial charge in [-0.05, 0) is 87.4 Å². The van der Waals surface area contributed by atoms with Crippen LogP contribution < -0.4 is 10.2 Å². The quantitative estimate of drug-likeness (QED) is 0.599. The molecule has 0 spiro atoms. The van der Waals surface area contributed by atoms with Gasteiger partial charge in [0.1, 0.15) is 5.82 Å². The molecule has 1 fully saturated rings. The monoisotopic (exact) mass is 408 g/mol. The maximum Gasteiger partial charge on any atom is 0.174 e. The van der Waals surface area contributed by atoms with Crippen LogP contribution in [0.4, 0.5) is 10.1 Å². The molecule has 1 aliphatic rings. The molecule has 1 aromatic carbocycles. The van der Waals surface area contributed by atoms with Crippen LogP contribution in [0.5, 0.6) is 0 Å². The van der Waals surface area contributed by atoms with Crippen molar-refractivity contribution >= 4 is 23.0 Å². The Morgan fingerprint density at radius 2 is 1.93 bits per heavy atom. The number of hydrogen-bond acceptors (Lipinski definition) is 2. The normalized spacial score (nSPS) is 19.5. The van der Waals surface area contributed by atoms with Crippen LogP contribution in [0.15, 0.2) is 61.1 Å². The lowest BCUT2D eigenvalue weighted by atomic mass is 9.98. The summed E-state index contributed by atoms with van der Waals surface area (Å²) in [5.74, 6) is -0.219. The van der Waals surface area contributed by atoms with Crippen LogP contribution in [-0.2, 0) is 5.54 Å². The standard InChI is InChI=1S/C23H25FN4S/c1-15-13-17(8-9-18(15)24)28-21(16-10-12-27(14-16)23(2,3)4)20(26-22(28)29)19-7-5-6-11-25-19/h5-14,20-21H,1-4H3,(H,26,29)/t20-,21-/m1/s1. The van der Waals surface area contributed by atoms with Gasteiger partial charge in [-0.15, -0.1) is 0 Å². The Kier molecular flexibility index (Phi) is 4.90. The highest BCUT2D eigenvalue weighted by atomic mass is 32.1. The topological polar surface area (TPSA) is 33.1 Å². The van der Waals surface area contributed by atoms with Gasteiger partial charge in [0.05, 0.1) is 17.8 Å². The Bertz CT molecular complexity index is 1040. The Morgan fingerprint density at radius 3 is 2.55 bits per heavy atom. The summed E-state index contributed by atoms with van der Waals surface area (Å²) in [7, 11) is 0. The zero-order valence-corrected chi connectivity index (χ0v) is 17.9. The van der Waals surface area contributed by atoms with Gasteiger partial charge in [-0.1, -0.05) is 6.07 Å². The number of anilines is 1. The summed E-state index contributed by atoms with van der Waals surface area (Å²) < 4.78 is 16.1. The molecule has 150 valence electrons. The summed E-state index contributed by atoms with van der Waals surface area (Å²) in [4.78, 5) is 6.64. The third-order valence-electron chi connectivity index (χ3n) is 5.35. The lowest BCUT2D eigenvalue weighted by Crippen LogP contribution is -2.29. The molecule has 2 atom stereocenters. The number of rotatable bonds is 3. The Hall–Kier alpha value is -2.73. The molecule has 2 aromatic heterocycles. The fourth-order valence-electron chi connectivity index (χ4n) is 3.76. The minimum absolute atomic E-state index is 0.0252. The zero-order valence-electron chi connectivity index (χ0n) is 17.1. The van der Waals surface area contributed by atoms with Crippen LogP contribution in [0, 0.1) is 12.7 Å². The molecule has 0 aliphatic carbocycles. The highest BCUT2D eigenvalue weighted by Crippen LogP contribution is 2.42. The molecular weight excluding hydrogens is 383 g/mol. The van der Waals surface area contributed by atoms with Crippen molar-refractivity contribution in [3.63, 3.8) is 0 Å². The first kappa shape index (κ1) is 19.6. The van der Waals surface area contributed by atoms with E-state index in [9.17, 15) is 4.39 Å². The average molecular weight is 409 g/mol. The Morgan fingerprint density at radius 1 is 1.14 bits per heavy atom. The molecule has 1 N–H and O–H groups in total. The molecule has 1 aliphatic heterocycles. The molecule has 0 saturated carbocycles. The van der Waals surface area contributed by atoms with Gasteiger partial charge in [0.2, 0.25) is 0 Å². The van der Waals surface area contributed by atoms with Crippen LogP contribution in [0.3, 0.4) is 0 Å². The summed E-state index contributed by atoms with van der Waals surface area (Å²) in [6.07, 6.45) is 6.06. The maximum atomic E-state index is 13.9. The lowest BCUT2D eigenvalue weighted by Gasteiger charge is -2.28. The van der Waals surface area contributed by atoms with Crippen molar-refractivity contribution in [3.05, 3.63) is 83.7 Å². The highest BCUT2D eigenvalue weighted by molar-refractivity contribution is 7.80. The number of halogens is 1. The number of pyridine rings is 1. The molecule has 3 heterocycles. The third-order valence-corrected chi connectivity index (χ3v) is 5.66. The Labute approximate surface area is 176 Å². The molecule has 0 amide bonds. The van der Waals surface area contributed by atoms with Crippen molar-refractivity contribution in [3.8, 4) is 0 Å². The van der Waals surface area contributed by atoms with E-state index in [1.165, 1.54) is 6.07 Å². The van der Waals surface area contributed by atoms with E-state index in [1.54, 1.807) is 19.2 Å². The lowest BCUT2D eigenvalue weighted by molar-refractivity contribution is 0.397. The predicted molar refractivity (Wildman–Crippen MR) is 118 cm³/mol. The number of aromatic nitrogens is 2. The van der Waals surface area contributed by atoms with Gasteiger partial charge >= 0.3 is 0 Å². The van der Waals surface area contributed by atoms with Crippen LogP contribution in [0.1, 0.15) is 49.7 Å². The second-order valence-electron chi connectivity index (χ2n) is 8.45. The molecule has 3 aromatic rings. The summed E-state index contributed by atoms with van der Waals surface area (Å²) in [5, 5.41) is 4.05. The highest BCUT2D eigenvalue weighted by Gasteiger charge is 2.41. The van der Waals surface area contributed by atoms with Crippen molar-refractivity contribution in [2.24, 2.45) is 0 Å². The second-order valence-corrected chi connectivity index (χ2v) is 8.84. The van der Waals surface area contributed by atoms with E-state index in [4.69, 9.17) is 12.2 Å². The summed E-state index contributed by atoms with van der Waals surface area (Å²) >= 11 is 5.72. The first-order valence-electron chi connectivity index (χ1n) is 9.71. The van der Waals surface area contributed by atoms with Gasteiger partial charge in [0.15, 0.2) is 5.11 Å². The number of hydrogen-bond donors (Lipinski definition) is 1. The van der Waals surface area contributed by atoms with E-state index in [1.807, 2.05) is 24.3 Å². The predicted octanol–water partition coefficient (Wildman–Crippen LogP) is 5.26. The van der Waals surface area contributed by atoms with Crippen LogP contribution >= 0.6 is 12.2 Å². The molecule has 4 rings (SSSR count). The van der Waals surface area contributed by atoms with E-state index >= 15 is 0 Å². The average Bonchev–Trinajstić information content (AvgIpc) is 3.29. The molecule has 6 heteroatoms. The van der Waals surface area contributed by atoms with Gasteiger partial charge in [-0.3, -0.25) is 4.98 Å². The van der Waals surface area contributed by atoms with Gasteiger partial charge in [-0.2, -0.15) is 0 Å². The van der Waals surface area contributed by atoms with Crippen molar-refractivity contribution in [2.75, 3.05) is 4.90 Å². The molecule has 29 heavy (non-hydrogen) atoms. The summed E-state index contributed by atoms with van der Waals surface area (Å²) in [6, 6.07) is 13.0. The molecule has 4 nitrogen and oxygen atoms in total. The molecular formula is C23H25FN4S. The second kappa shape index (κ2) is 7.26. The SMILES string of the molecule is Cc1cc(N2C(=S)N[C@H](c3ccccn3)[C@H]2c2ccn(C(C)(C)C)c2)ccc1F. The van der Waals surface area contributed by atoms with Gasteiger partial charge < -0.3 is 14.8 Å². The number of nitrogens with one attached hydrogen (secondary N) is 1. The maximum absolute atomic E-state index is 13.9. The van der Waals surface area contributed by atoms with Crippen molar-refractivity contribution in [2.45, 2.75) is 45.3 Å². The first-order chi connectivity index (χ1) is 13.8.